The van der Waals surface area contributed by atoms with Crippen LogP contribution < -0.4 is 19.1 Å². The summed E-state index contributed by atoms with van der Waals surface area (Å²) in [5.74, 6) is 0.987. The lowest BCUT2D eigenvalue weighted by atomic mass is 10.0. The van der Waals surface area contributed by atoms with E-state index in [4.69, 9.17) is 9.47 Å². The van der Waals surface area contributed by atoms with Crippen LogP contribution in [-0.4, -0.2) is 40.3 Å². The molecule has 0 fully saturated rings. The number of hydrogen-bond acceptors (Lipinski definition) is 5. The van der Waals surface area contributed by atoms with Crippen molar-refractivity contribution < 1.29 is 22.7 Å². The molecular weight excluding hydrogens is 404 g/mol. The van der Waals surface area contributed by atoms with Gasteiger partial charge in [0.15, 0.2) is 0 Å². The summed E-state index contributed by atoms with van der Waals surface area (Å²) in [6, 6.07) is 12.9. The van der Waals surface area contributed by atoms with Crippen LogP contribution >= 0.6 is 0 Å². The molecule has 0 aromatic heterocycles. The molecule has 0 unspecified atom stereocenters. The molecule has 8 heteroatoms. The van der Waals surface area contributed by atoms with Gasteiger partial charge in [-0.05, 0) is 62.2 Å². The Bertz CT molecular complexity index is 927. The van der Waals surface area contributed by atoms with Gasteiger partial charge in [0.25, 0.3) is 0 Å². The maximum Gasteiger partial charge on any atom is 0.244 e. The van der Waals surface area contributed by atoms with Crippen molar-refractivity contribution in [3.63, 3.8) is 0 Å². The van der Waals surface area contributed by atoms with Crippen LogP contribution in [0.15, 0.2) is 48.5 Å². The van der Waals surface area contributed by atoms with Crippen LogP contribution in [0.2, 0.25) is 0 Å². The molecule has 2 rings (SSSR count). The number of carbonyl (C=O) groups is 1. The highest BCUT2D eigenvalue weighted by Gasteiger charge is 2.30. The van der Waals surface area contributed by atoms with Crippen molar-refractivity contribution in [3.05, 3.63) is 54.1 Å². The number of carbonyl (C=O) groups excluding carboxylic acids is 1. The molecule has 2 aromatic carbocycles. The summed E-state index contributed by atoms with van der Waals surface area (Å²) in [4.78, 5) is 13.0. The first kappa shape index (κ1) is 23.5. The van der Waals surface area contributed by atoms with E-state index in [1.165, 1.54) is 0 Å². The molecule has 0 aliphatic carbocycles. The number of sulfonamides is 1. The average Bonchev–Trinajstić information content (AvgIpc) is 2.72. The Labute approximate surface area is 179 Å². The summed E-state index contributed by atoms with van der Waals surface area (Å²) in [7, 11) is -2.09. The number of amides is 1. The SMILES string of the molecule is CCOc1ccc(N([C@@H](C)C(=O)N[C@@H](CC)c2ccc(OC)cc2)S(C)(=O)=O)cc1. The van der Waals surface area contributed by atoms with Crippen molar-refractivity contribution in [2.75, 3.05) is 24.3 Å². The third kappa shape index (κ3) is 5.89. The summed E-state index contributed by atoms with van der Waals surface area (Å²) in [6.07, 6.45) is 1.75. The molecule has 2 aromatic rings. The summed E-state index contributed by atoms with van der Waals surface area (Å²) >= 11 is 0. The van der Waals surface area contributed by atoms with E-state index in [2.05, 4.69) is 5.32 Å². The first-order chi connectivity index (χ1) is 14.2. The van der Waals surface area contributed by atoms with Gasteiger partial charge in [0, 0.05) is 0 Å². The van der Waals surface area contributed by atoms with E-state index in [1.807, 2.05) is 38.1 Å². The Kier molecular flexibility index (Phi) is 8.11. The maximum absolute atomic E-state index is 13.0. The monoisotopic (exact) mass is 434 g/mol. The van der Waals surface area contributed by atoms with Crippen LogP contribution in [0.25, 0.3) is 0 Å². The lowest BCUT2D eigenvalue weighted by molar-refractivity contribution is -0.122. The molecule has 0 aliphatic heterocycles. The van der Waals surface area contributed by atoms with Gasteiger partial charge < -0.3 is 14.8 Å². The Balaban J connectivity index is 2.23. The number of benzene rings is 2. The fourth-order valence-corrected chi connectivity index (χ4v) is 4.39. The topological polar surface area (TPSA) is 84.9 Å². The Morgan fingerprint density at radius 1 is 1.03 bits per heavy atom. The Morgan fingerprint density at radius 3 is 2.07 bits per heavy atom. The molecule has 0 radical (unpaired) electrons. The van der Waals surface area contributed by atoms with Crippen LogP contribution in [0.3, 0.4) is 0 Å². The number of nitrogens with zero attached hydrogens (tertiary/aromatic N) is 1. The highest BCUT2D eigenvalue weighted by atomic mass is 32.2. The van der Waals surface area contributed by atoms with Crippen molar-refractivity contribution in [3.8, 4) is 11.5 Å². The van der Waals surface area contributed by atoms with Crippen molar-refractivity contribution in [1.29, 1.82) is 0 Å². The molecule has 1 amide bonds. The van der Waals surface area contributed by atoms with Gasteiger partial charge >= 0.3 is 0 Å². The van der Waals surface area contributed by atoms with Gasteiger partial charge in [-0.25, -0.2) is 8.42 Å². The summed E-state index contributed by atoms with van der Waals surface area (Å²) in [5.41, 5.74) is 1.33. The van der Waals surface area contributed by atoms with Gasteiger partial charge in [-0.15, -0.1) is 0 Å². The summed E-state index contributed by atoms with van der Waals surface area (Å²) in [5, 5.41) is 2.96. The lowest BCUT2D eigenvalue weighted by Crippen LogP contribution is -2.48. The molecule has 0 saturated heterocycles. The van der Waals surface area contributed by atoms with Gasteiger partial charge in [-0.2, -0.15) is 0 Å². The highest BCUT2D eigenvalue weighted by Crippen LogP contribution is 2.25. The zero-order chi connectivity index (χ0) is 22.3. The molecule has 7 nitrogen and oxygen atoms in total. The van der Waals surface area contributed by atoms with Gasteiger partial charge in [-0.3, -0.25) is 9.10 Å². The van der Waals surface area contributed by atoms with Crippen LogP contribution in [0.5, 0.6) is 11.5 Å². The standard InChI is InChI=1S/C22H30N2O5S/c1-6-21(17-8-12-19(28-4)13-9-17)23-22(25)16(3)24(30(5,26)27)18-10-14-20(15-11-18)29-7-2/h8-16,21H,6-7H2,1-5H3,(H,23,25)/t16-,21-/m0/s1. The van der Waals surface area contributed by atoms with E-state index >= 15 is 0 Å². The smallest absolute Gasteiger partial charge is 0.244 e. The third-order valence-electron chi connectivity index (χ3n) is 4.73. The van der Waals surface area contributed by atoms with Crippen LogP contribution in [0.1, 0.15) is 38.8 Å². The number of hydrogen-bond donors (Lipinski definition) is 1. The largest absolute Gasteiger partial charge is 0.497 e. The fourth-order valence-electron chi connectivity index (χ4n) is 3.21. The zero-order valence-electron chi connectivity index (χ0n) is 18.1. The normalized spacial score (nSPS) is 13.2. The van der Waals surface area contributed by atoms with Gasteiger partial charge in [-0.1, -0.05) is 19.1 Å². The number of nitrogens with one attached hydrogen (secondary N) is 1. The zero-order valence-corrected chi connectivity index (χ0v) is 18.9. The molecule has 0 aliphatic rings. The van der Waals surface area contributed by atoms with E-state index in [-0.39, 0.29) is 11.9 Å². The van der Waals surface area contributed by atoms with E-state index in [1.54, 1.807) is 38.3 Å². The van der Waals surface area contributed by atoms with Crippen LogP contribution in [-0.2, 0) is 14.8 Å². The highest BCUT2D eigenvalue weighted by molar-refractivity contribution is 7.92. The minimum Gasteiger partial charge on any atom is -0.497 e. The fraction of sp³-hybridized carbons (Fsp3) is 0.409. The van der Waals surface area contributed by atoms with Crippen LogP contribution in [0, 0.1) is 0 Å². The van der Waals surface area contributed by atoms with E-state index in [0.717, 1.165) is 21.9 Å². The lowest BCUT2D eigenvalue weighted by Gasteiger charge is -2.30. The molecule has 0 bridgehead atoms. The minimum atomic E-state index is -3.69. The number of rotatable bonds is 10. The Morgan fingerprint density at radius 2 is 1.60 bits per heavy atom. The molecule has 30 heavy (non-hydrogen) atoms. The van der Waals surface area contributed by atoms with Crippen molar-refractivity contribution >= 4 is 21.6 Å². The molecule has 2 atom stereocenters. The second kappa shape index (κ2) is 10.3. The average molecular weight is 435 g/mol. The van der Waals surface area contributed by atoms with Crippen molar-refractivity contribution in [2.24, 2.45) is 0 Å². The Hall–Kier alpha value is -2.74. The molecule has 0 saturated carbocycles. The predicted octanol–water partition coefficient (Wildman–Crippen LogP) is 3.52. The van der Waals surface area contributed by atoms with Gasteiger partial charge in [0.1, 0.15) is 17.5 Å². The molecular formula is C22H30N2O5S. The number of ether oxygens (including phenoxy) is 2. The van der Waals surface area contributed by atoms with Crippen molar-refractivity contribution in [1.82, 2.24) is 5.32 Å². The maximum atomic E-state index is 13.0. The molecule has 1 N–H and O–H groups in total. The second-order valence-corrected chi connectivity index (χ2v) is 8.76. The summed E-state index contributed by atoms with van der Waals surface area (Å²) in [6.45, 7) is 5.92. The van der Waals surface area contributed by atoms with Gasteiger partial charge in [0.2, 0.25) is 15.9 Å². The molecule has 0 heterocycles. The second-order valence-electron chi connectivity index (χ2n) is 6.90. The summed E-state index contributed by atoms with van der Waals surface area (Å²) < 4.78 is 36.7. The quantitative estimate of drug-likeness (QED) is 0.618. The van der Waals surface area contributed by atoms with Gasteiger partial charge in [0.05, 0.1) is 31.7 Å². The van der Waals surface area contributed by atoms with E-state index in [0.29, 0.717) is 24.5 Å². The minimum absolute atomic E-state index is 0.243. The first-order valence-electron chi connectivity index (χ1n) is 9.87. The molecule has 164 valence electrons. The first-order valence-corrected chi connectivity index (χ1v) is 11.7. The molecule has 0 spiro atoms. The predicted molar refractivity (Wildman–Crippen MR) is 119 cm³/mol. The number of anilines is 1. The third-order valence-corrected chi connectivity index (χ3v) is 5.98. The number of methoxy groups -OCH3 is 1. The van der Waals surface area contributed by atoms with E-state index < -0.39 is 16.1 Å². The van der Waals surface area contributed by atoms with Crippen LogP contribution in [0.4, 0.5) is 5.69 Å². The van der Waals surface area contributed by atoms with Crippen molar-refractivity contribution in [2.45, 2.75) is 39.3 Å². The van der Waals surface area contributed by atoms with E-state index in [9.17, 15) is 13.2 Å².